The molecule has 1 saturated heterocycles. The molecule has 0 aliphatic carbocycles. The summed E-state index contributed by atoms with van der Waals surface area (Å²) in [5.41, 5.74) is 0. The van der Waals surface area contributed by atoms with Crippen molar-refractivity contribution in [2.75, 3.05) is 0 Å². The lowest BCUT2D eigenvalue weighted by Crippen LogP contribution is -2.53. The Morgan fingerprint density at radius 2 is 0.692 bits per heavy atom. The maximum atomic E-state index is 6.96. The molecule has 202 valence electrons. The summed E-state index contributed by atoms with van der Waals surface area (Å²) in [6, 6.07) is 43.9. The van der Waals surface area contributed by atoms with Crippen LogP contribution in [0.15, 0.2) is 121 Å². The molecular formula is C35H40O2P2. The van der Waals surface area contributed by atoms with E-state index in [0.29, 0.717) is 0 Å². The van der Waals surface area contributed by atoms with Crippen molar-refractivity contribution >= 4 is 37.1 Å². The lowest BCUT2D eigenvalue weighted by atomic mass is 9.92. The Balaban J connectivity index is 1.64. The summed E-state index contributed by atoms with van der Waals surface area (Å²) >= 11 is 0. The molecular weight excluding hydrogens is 514 g/mol. The smallest absolute Gasteiger partial charge is 0.163 e. The quantitative estimate of drug-likeness (QED) is 0.212. The van der Waals surface area contributed by atoms with Crippen LogP contribution in [-0.4, -0.2) is 28.3 Å². The Morgan fingerprint density at radius 3 is 0.923 bits per heavy atom. The number of benzene rings is 4. The van der Waals surface area contributed by atoms with Gasteiger partial charge in [-0.1, -0.05) is 149 Å². The van der Waals surface area contributed by atoms with Gasteiger partial charge in [0, 0.05) is 10.3 Å². The molecule has 4 aromatic carbocycles. The van der Waals surface area contributed by atoms with E-state index in [4.69, 9.17) is 9.47 Å². The summed E-state index contributed by atoms with van der Waals surface area (Å²) in [7, 11) is -1.49. The lowest BCUT2D eigenvalue weighted by molar-refractivity contribution is -0.150. The van der Waals surface area contributed by atoms with Gasteiger partial charge < -0.3 is 9.47 Å². The molecule has 0 spiro atoms. The summed E-state index contributed by atoms with van der Waals surface area (Å²) in [4.78, 5) is 0. The maximum Gasteiger partial charge on any atom is 0.163 e. The van der Waals surface area contributed by atoms with Crippen molar-refractivity contribution in [3.8, 4) is 0 Å². The lowest BCUT2D eigenvalue weighted by Gasteiger charge is -2.47. The van der Waals surface area contributed by atoms with Gasteiger partial charge in [0.15, 0.2) is 5.79 Å². The first-order valence-corrected chi connectivity index (χ1v) is 16.5. The molecule has 0 N–H and O–H groups in total. The average Bonchev–Trinajstić information content (AvgIpc) is 3.28. The molecule has 0 unspecified atom stereocenters. The van der Waals surface area contributed by atoms with Crippen molar-refractivity contribution < 1.29 is 9.47 Å². The van der Waals surface area contributed by atoms with Gasteiger partial charge in [-0.15, -0.1) is 0 Å². The van der Waals surface area contributed by atoms with Gasteiger partial charge in [0.2, 0.25) is 0 Å². The van der Waals surface area contributed by atoms with E-state index < -0.39 is 21.6 Å². The Labute approximate surface area is 237 Å². The van der Waals surface area contributed by atoms with E-state index in [2.05, 4.69) is 163 Å². The van der Waals surface area contributed by atoms with E-state index in [-0.39, 0.29) is 22.5 Å². The monoisotopic (exact) mass is 554 g/mol. The zero-order valence-corrected chi connectivity index (χ0v) is 25.7. The SMILES string of the molecule is CC1(C)O[C@H](C(C)(C)P(c2ccccc2)c2ccccc2)[C@@H](C(C)(C)P(c2ccccc2)c2ccccc2)O1. The van der Waals surface area contributed by atoms with Gasteiger partial charge in [-0.25, -0.2) is 0 Å². The topological polar surface area (TPSA) is 18.5 Å². The fourth-order valence-corrected chi connectivity index (χ4v) is 12.0. The second kappa shape index (κ2) is 11.3. The van der Waals surface area contributed by atoms with Crippen LogP contribution < -0.4 is 21.2 Å². The molecule has 5 rings (SSSR count). The van der Waals surface area contributed by atoms with Gasteiger partial charge in [0.25, 0.3) is 0 Å². The summed E-state index contributed by atoms with van der Waals surface area (Å²) < 4.78 is 13.9. The highest BCUT2D eigenvalue weighted by atomic mass is 31.1. The first-order chi connectivity index (χ1) is 18.6. The number of rotatable bonds is 8. The first kappa shape index (κ1) is 28.2. The van der Waals surface area contributed by atoms with E-state index in [9.17, 15) is 0 Å². The minimum atomic E-state index is -0.746. The number of hydrogen-bond donors (Lipinski definition) is 0. The summed E-state index contributed by atoms with van der Waals surface area (Å²) in [6.07, 6.45) is -0.210. The van der Waals surface area contributed by atoms with Crippen LogP contribution in [0.1, 0.15) is 41.5 Å². The van der Waals surface area contributed by atoms with Crippen LogP contribution in [0.4, 0.5) is 0 Å². The molecule has 0 saturated carbocycles. The minimum Gasteiger partial charge on any atom is -0.344 e. The van der Waals surface area contributed by atoms with Crippen LogP contribution in [0.25, 0.3) is 0 Å². The van der Waals surface area contributed by atoms with Crippen LogP contribution in [0.5, 0.6) is 0 Å². The highest BCUT2D eigenvalue weighted by molar-refractivity contribution is 7.75. The number of hydrogen-bond acceptors (Lipinski definition) is 2. The third-order valence-corrected chi connectivity index (χ3v) is 13.8. The van der Waals surface area contributed by atoms with Gasteiger partial charge >= 0.3 is 0 Å². The zero-order chi connectivity index (χ0) is 27.7. The maximum absolute atomic E-state index is 6.96. The van der Waals surface area contributed by atoms with Gasteiger partial charge in [0.1, 0.15) is 0 Å². The van der Waals surface area contributed by atoms with E-state index >= 15 is 0 Å². The van der Waals surface area contributed by atoms with Crippen LogP contribution in [0, 0.1) is 0 Å². The summed E-state index contributed by atoms with van der Waals surface area (Å²) in [5, 5.41) is 5.04. The third kappa shape index (κ3) is 5.77. The first-order valence-electron chi connectivity index (χ1n) is 13.8. The largest absolute Gasteiger partial charge is 0.344 e. The van der Waals surface area contributed by atoms with E-state index in [0.717, 1.165) is 0 Å². The van der Waals surface area contributed by atoms with E-state index in [1.807, 2.05) is 0 Å². The van der Waals surface area contributed by atoms with Gasteiger partial charge in [-0.3, -0.25) is 0 Å². The fraction of sp³-hybridized carbons (Fsp3) is 0.314. The van der Waals surface area contributed by atoms with Gasteiger partial charge in [-0.05, 0) is 50.9 Å². The predicted octanol–water partition coefficient (Wildman–Crippen LogP) is 7.33. The van der Waals surface area contributed by atoms with Crippen molar-refractivity contribution in [1.29, 1.82) is 0 Å². The summed E-state index contributed by atoms with van der Waals surface area (Å²) in [5.74, 6) is -0.674. The normalized spacial score (nSPS) is 19.5. The highest BCUT2D eigenvalue weighted by Gasteiger charge is 2.58. The zero-order valence-electron chi connectivity index (χ0n) is 23.9. The van der Waals surface area contributed by atoms with Crippen LogP contribution >= 0.6 is 15.8 Å². The molecule has 1 aliphatic heterocycles. The van der Waals surface area contributed by atoms with Crippen LogP contribution in [0.2, 0.25) is 0 Å². The van der Waals surface area contributed by atoms with Crippen molar-refractivity contribution in [2.45, 2.75) is 69.8 Å². The van der Waals surface area contributed by atoms with Crippen molar-refractivity contribution in [3.63, 3.8) is 0 Å². The van der Waals surface area contributed by atoms with Crippen molar-refractivity contribution in [1.82, 2.24) is 0 Å². The van der Waals surface area contributed by atoms with Gasteiger partial charge in [-0.2, -0.15) is 0 Å². The molecule has 4 heteroatoms. The van der Waals surface area contributed by atoms with Crippen molar-refractivity contribution in [3.05, 3.63) is 121 Å². The second-order valence-corrected chi connectivity index (χ2v) is 17.5. The number of ether oxygens (including phenoxy) is 2. The molecule has 2 nitrogen and oxygen atoms in total. The van der Waals surface area contributed by atoms with Crippen LogP contribution in [-0.2, 0) is 9.47 Å². The molecule has 0 bridgehead atoms. The Hall–Kier alpha value is -2.34. The molecule has 0 aromatic heterocycles. The minimum absolute atomic E-state index is 0.105. The second-order valence-electron chi connectivity index (χ2n) is 11.8. The van der Waals surface area contributed by atoms with Crippen LogP contribution in [0.3, 0.4) is 0 Å². The molecule has 4 aromatic rings. The predicted molar refractivity (Wildman–Crippen MR) is 170 cm³/mol. The third-order valence-electron chi connectivity index (χ3n) is 7.70. The Kier molecular flexibility index (Phi) is 8.15. The summed E-state index contributed by atoms with van der Waals surface area (Å²) in [6.45, 7) is 13.7. The molecule has 2 atom stereocenters. The molecule has 1 fully saturated rings. The highest BCUT2D eigenvalue weighted by Crippen LogP contribution is 2.60. The standard InChI is InChI=1S/C35H40O2P2/c1-33(2,38(27-19-11-7-12-20-27)28-21-13-8-14-22-28)31-32(37-35(5,6)36-31)34(3,4)39(29-23-15-9-16-24-29)30-25-17-10-18-26-30/h7-26,31-32H,1-6H3/t31-,32-/m0/s1. The molecule has 0 radical (unpaired) electrons. The Bertz CT molecular complexity index is 1150. The van der Waals surface area contributed by atoms with E-state index in [1.165, 1.54) is 21.2 Å². The average molecular weight is 555 g/mol. The van der Waals surface area contributed by atoms with E-state index in [1.54, 1.807) is 0 Å². The fourth-order valence-electron chi connectivity index (χ4n) is 5.98. The van der Waals surface area contributed by atoms with Gasteiger partial charge in [0.05, 0.1) is 12.2 Å². The molecule has 1 aliphatic rings. The molecule has 1 heterocycles. The molecule has 39 heavy (non-hydrogen) atoms. The molecule has 0 amide bonds. The van der Waals surface area contributed by atoms with Crippen molar-refractivity contribution in [2.24, 2.45) is 0 Å². The Morgan fingerprint density at radius 1 is 0.462 bits per heavy atom.